The van der Waals surface area contributed by atoms with Crippen LogP contribution in [0.3, 0.4) is 0 Å². The molecule has 1 N–H and O–H groups in total. The number of hydrogen-bond acceptors (Lipinski definition) is 3. The maximum Gasteiger partial charge on any atom is 0.0958 e. The molecule has 0 aliphatic rings. The van der Waals surface area contributed by atoms with Gasteiger partial charge >= 0.3 is 0 Å². The van der Waals surface area contributed by atoms with Crippen LogP contribution < -0.4 is 5.32 Å². The first-order chi connectivity index (χ1) is 10.7. The summed E-state index contributed by atoms with van der Waals surface area (Å²) in [6.07, 6.45) is 1.76. The number of para-hydroxylation sites is 1. The summed E-state index contributed by atoms with van der Waals surface area (Å²) in [4.78, 5) is 5.14. The topological polar surface area (TPSA) is 42.0 Å². The van der Waals surface area contributed by atoms with Gasteiger partial charge in [0.15, 0.2) is 0 Å². The van der Waals surface area contributed by atoms with E-state index >= 15 is 0 Å². The lowest BCUT2D eigenvalue weighted by atomic mass is 10.2. The van der Waals surface area contributed by atoms with Crippen LogP contribution in [0.15, 0.2) is 59.6 Å². The second kappa shape index (κ2) is 6.46. The SMILES string of the molecule is Cc1c(Cl)cccc1S(=O)CNc1cccc2cccnc12. The van der Waals surface area contributed by atoms with E-state index in [0.717, 1.165) is 27.0 Å². The number of aromatic nitrogens is 1. The van der Waals surface area contributed by atoms with Crippen molar-refractivity contribution in [3.63, 3.8) is 0 Å². The van der Waals surface area contributed by atoms with Crippen LogP contribution in [0.4, 0.5) is 5.69 Å². The van der Waals surface area contributed by atoms with Crippen LogP contribution in [-0.4, -0.2) is 15.1 Å². The van der Waals surface area contributed by atoms with Crippen molar-refractivity contribution < 1.29 is 4.21 Å². The summed E-state index contributed by atoms with van der Waals surface area (Å²) >= 11 is 6.09. The Morgan fingerprint density at radius 3 is 2.77 bits per heavy atom. The van der Waals surface area contributed by atoms with Gasteiger partial charge in [-0.3, -0.25) is 9.19 Å². The van der Waals surface area contributed by atoms with Crippen molar-refractivity contribution in [2.75, 3.05) is 11.2 Å². The molecule has 3 nitrogen and oxygen atoms in total. The number of pyridine rings is 1. The Balaban J connectivity index is 1.82. The molecule has 3 aromatic rings. The van der Waals surface area contributed by atoms with Crippen LogP contribution >= 0.6 is 11.6 Å². The summed E-state index contributed by atoms with van der Waals surface area (Å²) in [5.41, 5.74) is 2.62. The second-order valence-corrected chi connectivity index (χ2v) is 6.74. The Bertz CT molecular complexity index is 846. The van der Waals surface area contributed by atoms with E-state index < -0.39 is 10.8 Å². The molecule has 1 atom stereocenters. The molecule has 0 fully saturated rings. The maximum atomic E-state index is 12.5. The molecule has 1 heterocycles. The molecule has 5 heteroatoms. The van der Waals surface area contributed by atoms with E-state index in [9.17, 15) is 4.21 Å². The predicted molar refractivity (Wildman–Crippen MR) is 92.8 cm³/mol. The van der Waals surface area contributed by atoms with Crippen molar-refractivity contribution in [2.45, 2.75) is 11.8 Å². The average Bonchev–Trinajstić information content (AvgIpc) is 2.55. The molecule has 0 saturated carbocycles. The van der Waals surface area contributed by atoms with Crippen molar-refractivity contribution in [3.05, 3.63) is 65.3 Å². The van der Waals surface area contributed by atoms with Gasteiger partial charge in [0.1, 0.15) is 0 Å². The van der Waals surface area contributed by atoms with E-state index in [1.165, 1.54) is 0 Å². The van der Waals surface area contributed by atoms with Gasteiger partial charge in [-0.05, 0) is 36.8 Å². The van der Waals surface area contributed by atoms with Crippen LogP contribution in [0.25, 0.3) is 10.9 Å². The monoisotopic (exact) mass is 330 g/mol. The molecule has 0 radical (unpaired) electrons. The Morgan fingerprint density at radius 2 is 1.91 bits per heavy atom. The number of anilines is 1. The molecular weight excluding hydrogens is 316 g/mol. The Morgan fingerprint density at radius 1 is 1.14 bits per heavy atom. The lowest BCUT2D eigenvalue weighted by Gasteiger charge is -2.11. The normalized spacial score (nSPS) is 12.3. The predicted octanol–water partition coefficient (Wildman–Crippen LogP) is 4.37. The summed E-state index contributed by atoms with van der Waals surface area (Å²) in [5, 5.41) is 4.92. The second-order valence-electron chi connectivity index (χ2n) is 4.91. The molecule has 0 aliphatic carbocycles. The van der Waals surface area contributed by atoms with Gasteiger partial charge in [0, 0.05) is 21.5 Å². The van der Waals surface area contributed by atoms with Gasteiger partial charge in [-0.15, -0.1) is 0 Å². The van der Waals surface area contributed by atoms with Gasteiger partial charge in [0.05, 0.1) is 27.9 Å². The van der Waals surface area contributed by atoms with E-state index in [0.29, 0.717) is 10.9 Å². The molecule has 0 spiro atoms. The minimum atomic E-state index is -1.17. The van der Waals surface area contributed by atoms with Crippen LogP contribution in [0, 0.1) is 6.92 Å². The van der Waals surface area contributed by atoms with Crippen molar-refractivity contribution in [3.8, 4) is 0 Å². The highest BCUT2D eigenvalue weighted by molar-refractivity contribution is 7.85. The van der Waals surface area contributed by atoms with Crippen LogP contribution in [0.1, 0.15) is 5.56 Å². The van der Waals surface area contributed by atoms with E-state index in [4.69, 9.17) is 11.6 Å². The first-order valence-electron chi connectivity index (χ1n) is 6.88. The number of nitrogens with zero attached hydrogens (tertiary/aromatic N) is 1. The highest BCUT2D eigenvalue weighted by Gasteiger charge is 2.10. The average molecular weight is 331 g/mol. The first-order valence-corrected chi connectivity index (χ1v) is 8.57. The van der Waals surface area contributed by atoms with E-state index in [-0.39, 0.29) is 0 Å². The molecule has 1 aromatic heterocycles. The fourth-order valence-corrected chi connectivity index (χ4v) is 3.66. The number of halogens is 1. The molecule has 22 heavy (non-hydrogen) atoms. The van der Waals surface area contributed by atoms with Crippen molar-refractivity contribution in [1.29, 1.82) is 0 Å². The molecule has 112 valence electrons. The molecule has 0 amide bonds. The van der Waals surface area contributed by atoms with E-state index in [1.54, 1.807) is 12.3 Å². The summed E-state index contributed by atoms with van der Waals surface area (Å²) in [7, 11) is -1.17. The van der Waals surface area contributed by atoms with Gasteiger partial charge in [0.25, 0.3) is 0 Å². The maximum absolute atomic E-state index is 12.5. The lowest BCUT2D eigenvalue weighted by molar-refractivity contribution is 0.683. The Kier molecular flexibility index (Phi) is 4.41. The third-order valence-electron chi connectivity index (χ3n) is 3.49. The van der Waals surface area contributed by atoms with Gasteiger partial charge in [0.2, 0.25) is 0 Å². The zero-order valence-electron chi connectivity index (χ0n) is 12.0. The van der Waals surface area contributed by atoms with Crippen molar-refractivity contribution >= 4 is 39.0 Å². The quantitative estimate of drug-likeness (QED) is 0.772. The molecule has 0 aliphatic heterocycles. The molecule has 3 rings (SSSR count). The van der Waals surface area contributed by atoms with Gasteiger partial charge in [-0.1, -0.05) is 35.9 Å². The van der Waals surface area contributed by atoms with E-state index in [2.05, 4.69) is 10.3 Å². The van der Waals surface area contributed by atoms with Gasteiger partial charge in [-0.2, -0.15) is 0 Å². The zero-order valence-corrected chi connectivity index (χ0v) is 13.6. The number of hydrogen-bond donors (Lipinski definition) is 1. The summed E-state index contributed by atoms with van der Waals surface area (Å²) in [5.74, 6) is 0.316. The molecule has 1 unspecified atom stereocenters. The minimum Gasteiger partial charge on any atom is -0.371 e. The Labute approximate surface area is 136 Å². The fourth-order valence-electron chi connectivity index (χ4n) is 2.30. The van der Waals surface area contributed by atoms with Gasteiger partial charge < -0.3 is 5.32 Å². The molecule has 0 bridgehead atoms. The van der Waals surface area contributed by atoms with Crippen LogP contribution in [0.5, 0.6) is 0 Å². The summed E-state index contributed by atoms with van der Waals surface area (Å²) in [6, 6.07) is 15.3. The number of fused-ring (bicyclic) bond motifs is 1. The summed E-state index contributed by atoms with van der Waals surface area (Å²) < 4.78 is 12.5. The Hall–Kier alpha value is -1.91. The van der Waals surface area contributed by atoms with Crippen molar-refractivity contribution in [2.24, 2.45) is 0 Å². The van der Waals surface area contributed by atoms with Crippen molar-refractivity contribution in [1.82, 2.24) is 4.98 Å². The lowest BCUT2D eigenvalue weighted by Crippen LogP contribution is -2.10. The van der Waals surface area contributed by atoms with Crippen LogP contribution in [0.2, 0.25) is 5.02 Å². The molecule has 0 saturated heterocycles. The highest BCUT2D eigenvalue weighted by Crippen LogP contribution is 2.23. The fraction of sp³-hybridized carbons (Fsp3) is 0.118. The standard InChI is InChI=1S/C17H15ClN2OS/c1-12-14(18)7-3-9-16(12)22(21)11-20-15-8-2-5-13-6-4-10-19-17(13)15/h2-10,20H,11H2,1H3. The molecule has 2 aromatic carbocycles. The smallest absolute Gasteiger partial charge is 0.0958 e. The van der Waals surface area contributed by atoms with E-state index in [1.807, 2.05) is 49.4 Å². The largest absolute Gasteiger partial charge is 0.371 e. The van der Waals surface area contributed by atoms with Gasteiger partial charge in [-0.25, -0.2) is 0 Å². The number of nitrogens with one attached hydrogen (secondary N) is 1. The minimum absolute atomic E-state index is 0.316. The highest BCUT2D eigenvalue weighted by atomic mass is 35.5. The third-order valence-corrected chi connectivity index (χ3v) is 5.24. The number of benzene rings is 2. The number of rotatable bonds is 4. The molecular formula is C17H15ClN2OS. The summed E-state index contributed by atoms with van der Waals surface area (Å²) in [6.45, 7) is 1.88. The zero-order chi connectivity index (χ0) is 15.5. The van der Waals surface area contributed by atoms with Crippen LogP contribution in [-0.2, 0) is 10.8 Å². The first kappa shape index (κ1) is 15.0. The third kappa shape index (κ3) is 2.98.